The van der Waals surface area contributed by atoms with E-state index in [4.69, 9.17) is 5.26 Å². The minimum Gasteiger partial charge on any atom is -0.192 e. The summed E-state index contributed by atoms with van der Waals surface area (Å²) in [5, 5.41) is 9.01. The van der Waals surface area contributed by atoms with Crippen molar-refractivity contribution in [3.8, 4) is 6.07 Å². The first kappa shape index (κ1) is 13.1. The predicted octanol–water partition coefficient (Wildman–Crippen LogP) is 4.66. The summed E-state index contributed by atoms with van der Waals surface area (Å²) in [4.78, 5) is 0. The molecule has 1 nitrogen and oxygen atoms in total. The van der Waals surface area contributed by atoms with Crippen LogP contribution < -0.4 is 0 Å². The molecule has 1 aromatic rings. The van der Waals surface area contributed by atoms with Crippen LogP contribution in [0.5, 0.6) is 0 Å². The molecule has 1 aliphatic rings. The van der Waals surface area contributed by atoms with Gasteiger partial charge in [0.05, 0.1) is 11.6 Å². The van der Waals surface area contributed by atoms with Gasteiger partial charge in [-0.1, -0.05) is 32.9 Å². The third kappa shape index (κ3) is 2.58. The quantitative estimate of drug-likeness (QED) is 0.738. The molecule has 18 heavy (non-hydrogen) atoms. The maximum Gasteiger partial charge on any atom is 0.0991 e. The Morgan fingerprint density at radius 2 is 1.94 bits per heavy atom. The van der Waals surface area contributed by atoms with E-state index in [-0.39, 0.29) is 5.41 Å². The fourth-order valence-electron chi connectivity index (χ4n) is 3.20. The van der Waals surface area contributed by atoms with Crippen LogP contribution in [-0.2, 0) is 5.41 Å². The molecule has 1 aromatic carbocycles. The average molecular weight is 241 g/mol. The second kappa shape index (κ2) is 5.14. The molecule has 0 spiro atoms. The molecule has 2 rings (SSSR count). The molecule has 0 aliphatic heterocycles. The molecule has 0 amide bonds. The molecule has 0 atom stereocenters. The van der Waals surface area contributed by atoms with E-state index in [0.29, 0.717) is 0 Å². The summed E-state index contributed by atoms with van der Waals surface area (Å²) in [6.07, 6.45) is 5.16. The predicted molar refractivity (Wildman–Crippen MR) is 75.3 cm³/mol. The van der Waals surface area contributed by atoms with Crippen molar-refractivity contribution in [3.63, 3.8) is 0 Å². The molecule has 1 fully saturated rings. The molecule has 96 valence electrons. The van der Waals surface area contributed by atoms with Crippen LogP contribution in [0.15, 0.2) is 24.3 Å². The summed E-state index contributed by atoms with van der Waals surface area (Å²) in [5.41, 5.74) is 2.42. The highest BCUT2D eigenvalue weighted by atomic mass is 14.4. The first-order chi connectivity index (χ1) is 8.55. The van der Waals surface area contributed by atoms with Gasteiger partial charge in [-0.3, -0.25) is 0 Å². The summed E-state index contributed by atoms with van der Waals surface area (Å²) < 4.78 is 0. The second-order valence-electron chi connectivity index (χ2n) is 6.33. The van der Waals surface area contributed by atoms with Gasteiger partial charge in [0, 0.05) is 0 Å². The van der Waals surface area contributed by atoms with E-state index < -0.39 is 0 Å². The zero-order valence-electron chi connectivity index (χ0n) is 11.7. The van der Waals surface area contributed by atoms with Crippen LogP contribution in [-0.4, -0.2) is 0 Å². The Hall–Kier alpha value is -1.29. The maximum atomic E-state index is 9.01. The van der Waals surface area contributed by atoms with Gasteiger partial charge in [-0.25, -0.2) is 0 Å². The lowest BCUT2D eigenvalue weighted by molar-refractivity contribution is 0.204. The fraction of sp³-hybridized carbons (Fsp3) is 0.588. The highest BCUT2D eigenvalue weighted by Crippen LogP contribution is 2.43. The van der Waals surface area contributed by atoms with E-state index in [1.54, 1.807) is 0 Å². The van der Waals surface area contributed by atoms with Crippen molar-refractivity contribution in [1.29, 1.82) is 5.26 Å². The molecule has 1 heteroatoms. The maximum absolute atomic E-state index is 9.01. The Morgan fingerprint density at radius 1 is 1.28 bits per heavy atom. The van der Waals surface area contributed by atoms with Gasteiger partial charge in [-0.2, -0.15) is 5.26 Å². The van der Waals surface area contributed by atoms with Crippen molar-refractivity contribution in [3.05, 3.63) is 35.4 Å². The molecule has 0 bridgehead atoms. The highest BCUT2D eigenvalue weighted by Gasteiger charge is 2.33. The molecule has 0 aromatic heterocycles. The van der Waals surface area contributed by atoms with Crippen molar-refractivity contribution in [2.24, 2.45) is 11.8 Å². The van der Waals surface area contributed by atoms with E-state index in [9.17, 15) is 0 Å². The van der Waals surface area contributed by atoms with Gasteiger partial charge in [0.15, 0.2) is 0 Å². The molecular weight excluding hydrogens is 218 g/mol. The number of nitrogens with zero attached hydrogens (tertiary/aromatic N) is 1. The SMILES string of the molecule is CC(C)C1CCC(C)(c2cccc(C#N)c2)CC1. The summed E-state index contributed by atoms with van der Waals surface area (Å²) >= 11 is 0. The molecule has 0 N–H and O–H groups in total. The van der Waals surface area contributed by atoms with Gasteiger partial charge in [-0.15, -0.1) is 0 Å². The lowest BCUT2D eigenvalue weighted by Crippen LogP contribution is -2.30. The number of hydrogen-bond acceptors (Lipinski definition) is 1. The third-order valence-corrected chi connectivity index (χ3v) is 4.77. The van der Waals surface area contributed by atoms with Crippen molar-refractivity contribution >= 4 is 0 Å². The normalized spacial score (nSPS) is 28.1. The Bertz CT molecular complexity index is 445. The van der Waals surface area contributed by atoms with E-state index in [0.717, 1.165) is 17.4 Å². The van der Waals surface area contributed by atoms with Crippen LogP contribution in [0.25, 0.3) is 0 Å². The summed E-state index contributed by atoms with van der Waals surface area (Å²) in [6, 6.07) is 10.4. The highest BCUT2D eigenvalue weighted by molar-refractivity contribution is 5.36. The molecule has 1 aliphatic carbocycles. The number of nitriles is 1. The summed E-state index contributed by atoms with van der Waals surface area (Å²) in [7, 11) is 0. The van der Waals surface area contributed by atoms with Crippen LogP contribution in [0, 0.1) is 23.2 Å². The minimum absolute atomic E-state index is 0.276. The smallest absolute Gasteiger partial charge is 0.0991 e. The molecule has 0 radical (unpaired) electrons. The van der Waals surface area contributed by atoms with Crippen LogP contribution in [0.2, 0.25) is 0 Å². The van der Waals surface area contributed by atoms with E-state index in [1.165, 1.54) is 31.2 Å². The number of hydrogen-bond donors (Lipinski definition) is 0. The van der Waals surface area contributed by atoms with Crippen molar-refractivity contribution in [2.75, 3.05) is 0 Å². The Labute approximate surface area is 111 Å². The van der Waals surface area contributed by atoms with Gasteiger partial charge in [0.1, 0.15) is 0 Å². The van der Waals surface area contributed by atoms with Gasteiger partial charge in [0.25, 0.3) is 0 Å². The lowest BCUT2D eigenvalue weighted by atomic mass is 9.66. The van der Waals surface area contributed by atoms with Crippen LogP contribution in [0.3, 0.4) is 0 Å². The van der Waals surface area contributed by atoms with E-state index in [2.05, 4.69) is 39.0 Å². The average Bonchev–Trinajstić information content (AvgIpc) is 2.39. The van der Waals surface area contributed by atoms with Crippen LogP contribution in [0.1, 0.15) is 57.6 Å². The molecule has 0 unspecified atom stereocenters. The monoisotopic (exact) mass is 241 g/mol. The Kier molecular flexibility index (Phi) is 3.76. The largest absolute Gasteiger partial charge is 0.192 e. The molecule has 1 saturated carbocycles. The Balaban J connectivity index is 2.16. The zero-order valence-corrected chi connectivity index (χ0v) is 11.7. The second-order valence-corrected chi connectivity index (χ2v) is 6.33. The minimum atomic E-state index is 0.276. The van der Waals surface area contributed by atoms with Crippen LogP contribution >= 0.6 is 0 Å². The molecule has 0 saturated heterocycles. The van der Waals surface area contributed by atoms with Gasteiger partial charge < -0.3 is 0 Å². The van der Waals surface area contributed by atoms with Crippen molar-refractivity contribution in [2.45, 2.75) is 51.9 Å². The van der Waals surface area contributed by atoms with E-state index >= 15 is 0 Å². The first-order valence-electron chi connectivity index (χ1n) is 7.06. The van der Waals surface area contributed by atoms with Gasteiger partial charge >= 0.3 is 0 Å². The van der Waals surface area contributed by atoms with Crippen molar-refractivity contribution < 1.29 is 0 Å². The van der Waals surface area contributed by atoms with Gasteiger partial charge in [-0.05, 0) is 60.6 Å². The van der Waals surface area contributed by atoms with Crippen LogP contribution in [0.4, 0.5) is 0 Å². The standard InChI is InChI=1S/C17H23N/c1-13(2)15-7-9-17(3,10-8-15)16-6-4-5-14(11-16)12-18/h4-6,11,13,15H,7-10H2,1-3H3. The molecule has 0 heterocycles. The van der Waals surface area contributed by atoms with Gasteiger partial charge in [0.2, 0.25) is 0 Å². The topological polar surface area (TPSA) is 23.8 Å². The molecular formula is C17H23N. The fourth-order valence-corrected chi connectivity index (χ4v) is 3.20. The zero-order chi connectivity index (χ0) is 13.2. The Morgan fingerprint density at radius 3 is 2.50 bits per heavy atom. The van der Waals surface area contributed by atoms with E-state index in [1.807, 2.05) is 12.1 Å². The number of benzene rings is 1. The van der Waals surface area contributed by atoms with Crippen molar-refractivity contribution in [1.82, 2.24) is 0 Å². The first-order valence-corrected chi connectivity index (χ1v) is 7.06. The summed E-state index contributed by atoms with van der Waals surface area (Å²) in [5.74, 6) is 1.69. The summed E-state index contributed by atoms with van der Waals surface area (Å²) in [6.45, 7) is 7.04. The third-order valence-electron chi connectivity index (χ3n) is 4.77. The number of rotatable bonds is 2. The lowest BCUT2D eigenvalue weighted by Gasteiger charge is -2.39.